The summed E-state index contributed by atoms with van der Waals surface area (Å²) in [6.07, 6.45) is 3.99. The average molecular weight is 543 g/mol. The van der Waals surface area contributed by atoms with E-state index < -0.39 is 23.5 Å². The van der Waals surface area contributed by atoms with Gasteiger partial charge in [-0.1, -0.05) is 32.1 Å². The second-order valence-corrected chi connectivity index (χ2v) is 9.37. The number of nitrogens with zero attached hydrogens (tertiary/aromatic N) is 2. The molecule has 0 aliphatic rings. The Bertz CT molecular complexity index is 1420. The Morgan fingerprint density at radius 2 is 1.72 bits per heavy atom. The highest BCUT2D eigenvalue weighted by molar-refractivity contribution is 5.97. The number of hydrogen-bond acceptors (Lipinski definition) is 3. The zero-order chi connectivity index (χ0) is 28.9. The third-order valence-corrected chi connectivity index (χ3v) is 6.50. The number of aryl methyl sites for hydroxylation is 4. The van der Waals surface area contributed by atoms with Crippen molar-refractivity contribution in [2.24, 2.45) is 7.05 Å². The molecule has 0 unspecified atom stereocenters. The standard InChI is InChI=1S/C30H34F4N4O/c1-7-9-21(10-11-27-37-26(35-5)17-38(27)6)24-15-25(19(4)12-18(24)3)29(39)36-16-22-14-23(30(32,33)34)13-20(8-2)28(22)31/h9-15,17,35H,7-8,16H2,1-6H3,(H,36,39)/b11-10-,21-9-. The Morgan fingerprint density at radius 3 is 2.31 bits per heavy atom. The molecule has 2 N–H and O–H groups in total. The molecule has 0 saturated heterocycles. The van der Waals surface area contributed by atoms with Gasteiger partial charge < -0.3 is 15.2 Å². The second kappa shape index (κ2) is 12.3. The van der Waals surface area contributed by atoms with Gasteiger partial charge in [-0.3, -0.25) is 4.79 Å². The van der Waals surface area contributed by atoms with Crippen molar-refractivity contribution in [2.75, 3.05) is 12.4 Å². The van der Waals surface area contributed by atoms with Crippen LogP contribution in [0, 0.1) is 19.7 Å². The summed E-state index contributed by atoms with van der Waals surface area (Å²) in [4.78, 5) is 17.7. The molecule has 3 rings (SSSR count). The number of allylic oxidation sites excluding steroid dienone is 3. The fourth-order valence-electron chi connectivity index (χ4n) is 4.39. The number of carbonyl (C=O) groups is 1. The zero-order valence-corrected chi connectivity index (χ0v) is 23.1. The van der Waals surface area contributed by atoms with Crippen molar-refractivity contribution < 1.29 is 22.4 Å². The van der Waals surface area contributed by atoms with Crippen LogP contribution in [0.3, 0.4) is 0 Å². The minimum atomic E-state index is -4.61. The number of carbonyl (C=O) groups excluding carboxylic acids is 1. The molecule has 0 fully saturated rings. The molecule has 0 saturated carbocycles. The highest BCUT2D eigenvalue weighted by Crippen LogP contribution is 2.32. The molecular formula is C30H34F4N4O. The topological polar surface area (TPSA) is 59.0 Å². The van der Waals surface area contributed by atoms with Gasteiger partial charge in [-0.15, -0.1) is 0 Å². The first-order valence-corrected chi connectivity index (χ1v) is 12.8. The van der Waals surface area contributed by atoms with Crippen LogP contribution in [0.1, 0.15) is 69.8 Å². The molecule has 0 bridgehead atoms. The number of nitrogens with one attached hydrogen (secondary N) is 2. The fraction of sp³-hybridized carbons (Fsp3) is 0.333. The molecule has 39 heavy (non-hydrogen) atoms. The lowest BCUT2D eigenvalue weighted by atomic mass is 9.93. The number of halogens is 4. The van der Waals surface area contributed by atoms with E-state index in [4.69, 9.17) is 0 Å². The van der Waals surface area contributed by atoms with Gasteiger partial charge in [-0.05, 0) is 78.8 Å². The number of amides is 1. The predicted octanol–water partition coefficient (Wildman–Crippen LogP) is 7.24. The Labute approximate surface area is 226 Å². The molecule has 0 atom stereocenters. The molecule has 5 nitrogen and oxygen atoms in total. The minimum absolute atomic E-state index is 0.0430. The van der Waals surface area contributed by atoms with Crippen LogP contribution in [0.25, 0.3) is 11.6 Å². The molecule has 0 spiro atoms. The monoisotopic (exact) mass is 542 g/mol. The number of aromatic nitrogens is 2. The van der Waals surface area contributed by atoms with Gasteiger partial charge in [0.05, 0.1) is 5.56 Å². The number of benzene rings is 2. The fourth-order valence-corrected chi connectivity index (χ4v) is 4.39. The molecule has 1 aromatic heterocycles. The van der Waals surface area contributed by atoms with Crippen LogP contribution in [-0.4, -0.2) is 22.5 Å². The van der Waals surface area contributed by atoms with E-state index >= 15 is 0 Å². The summed E-state index contributed by atoms with van der Waals surface area (Å²) in [6, 6.07) is 5.23. The van der Waals surface area contributed by atoms with Crippen LogP contribution >= 0.6 is 0 Å². The predicted molar refractivity (Wildman–Crippen MR) is 148 cm³/mol. The van der Waals surface area contributed by atoms with Gasteiger partial charge in [-0.2, -0.15) is 13.2 Å². The molecule has 1 amide bonds. The van der Waals surface area contributed by atoms with Crippen molar-refractivity contribution in [2.45, 2.75) is 53.3 Å². The molecular weight excluding hydrogens is 508 g/mol. The Morgan fingerprint density at radius 1 is 1.05 bits per heavy atom. The first-order chi connectivity index (χ1) is 18.4. The summed E-state index contributed by atoms with van der Waals surface area (Å²) < 4.78 is 56.7. The maximum Gasteiger partial charge on any atom is 0.416 e. The molecule has 9 heteroatoms. The Kier molecular flexibility index (Phi) is 9.37. The van der Waals surface area contributed by atoms with Gasteiger partial charge in [0.2, 0.25) is 0 Å². The Balaban J connectivity index is 1.92. The lowest BCUT2D eigenvalue weighted by Crippen LogP contribution is -2.25. The average Bonchev–Trinajstić information content (AvgIpc) is 3.24. The minimum Gasteiger partial charge on any atom is -0.372 e. The highest BCUT2D eigenvalue weighted by Gasteiger charge is 2.32. The molecule has 2 aromatic carbocycles. The maximum atomic E-state index is 14.8. The molecule has 1 heterocycles. The van der Waals surface area contributed by atoms with E-state index in [2.05, 4.69) is 15.6 Å². The summed E-state index contributed by atoms with van der Waals surface area (Å²) in [5.74, 6) is 0.262. The van der Waals surface area contributed by atoms with Crippen LogP contribution in [0.4, 0.5) is 23.4 Å². The summed E-state index contributed by atoms with van der Waals surface area (Å²) in [7, 11) is 3.69. The molecule has 0 radical (unpaired) electrons. The summed E-state index contributed by atoms with van der Waals surface area (Å²) >= 11 is 0. The normalized spacial score (nSPS) is 12.3. The lowest BCUT2D eigenvalue weighted by molar-refractivity contribution is -0.137. The van der Waals surface area contributed by atoms with Crippen molar-refractivity contribution >= 4 is 23.4 Å². The van der Waals surface area contributed by atoms with Crippen LogP contribution in [0.5, 0.6) is 0 Å². The highest BCUT2D eigenvalue weighted by atomic mass is 19.4. The van der Waals surface area contributed by atoms with E-state index in [-0.39, 0.29) is 24.1 Å². The van der Waals surface area contributed by atoms with Crippen LogP contribution < -0.4 is 10.6 Å². The number of anilines is 1. The van der Waals surface area contributed by atoms with E-state index in [1.165, 1.54) is 0 Å². The van der Waals surface area contributed by atoms with Crippen LogP contribution in [0.15, 0.2) is 42.6 Å². The van der Waals surface area contributed by atoms with Crippen molar-refractivity contribution in [3.63, 3.8) is 0 Å². The van der Waals surface area contributed by atoms with E-state index in [0.29, 0.717) is 11.1 Å². The molecule has 208 valence electrons. The number of alkyl halides is 3. The lowest BCUT2D eigenvalue weighted by Gasteiger charge is -2.16. The molecule has 0 aliphatic carbocycles. The van der Waals surface area contributed by atoms with E-state index in [9.17, 15) is 22.4 Å². The molecule has 0 aliphatic heterocycles. The van der Waals surface area contributed by atoms with Gasteiger partial charge in [0.1, 0.15) is 17.5 Å². The van der Waals surface area contributed by atoms with Gasteiger partial charge in [0.15, 0.2) is 0 Å². The number of imidazole rings is 1. The van der Waals surface area contributed by atoms with Crippen molar-refractivity contribution in [3.8, 4) is 0 Å². The summed E-state index contributed by atoms with van der Waals surface area (Å²) in [5.41, 5.74) is 2.58. The van der Waals surface area contributed by atoms with E-state index in [1.807, 2.05) is 56.0 Å². The van der Waals surface area contributed by atoms with Crippen LogP contribution in [0.2, 0.25) is 0 Å². The number of rotatable bonds is 9. The van der Waals surface area contributed by atoms with Crippen LogP contribution in [-0.2, 0) is 26.2 Å². The quantitative estimate of drug-likeness (QED) is 0.221. The van der Waals surface area contributed by atoms with Gasteiger partial charge in [-0.25, -0.2) is 9.37 Å². The smallest absolute Gasteiger partial charge is 0.372 e. The van der Waals surface area contributed by atoms with Gasteiger partial charge in [0, 0.05) is 38.0 Å². The third kappa shape index (κ3) is 6.96. The zero-order valence-electron chi connectivity index (χ0n) is 23.1. The van der Waals surface area contributed by atoms with E-state index in [0.717, 1.165) is 46.9 Å². The van der Waals surface area contributed by atoms with E-state index in [1.54, 1.807) is 27.0 Å². The molecule has 3 aromatic rings. The first-order valence-electron chi connectivity index (χ1n) is 12.8. The first kappa shape index (κ1) is 29.7. The number of hydrogen-bond donors (Lipinski definition) is 2. The Hall–Kier alpha value is -3.88. The van der Waals surface area contributed by atoms with Gasteiger partial charge >= 0.3 is 6.18 Å². The van der Waals surface area contributed by atoms with Gasteiger partial charge in [0.25, 0.3) is 5.91 Å². The second-order valence-electron chi connectivity index (χ2n) is 9.37. The van der Waals surface area contributed by atoms with Crippen molar-refractivity contribution in [1.82, 2.24) is 14.9 Å². The summed E-state index contributed by atoms with van der Waals surface area (Å²) in [6.45, 7) is 6.97. The maximum absolute atomic E-state index is 14.8. The van der Waals surface area contributed by atoms with Crippen molar-refractivity contribution in [3.05, 3.63) is 93.2 Å². The third-order valence-electron chi connectivity index (χ3n) is 6.50. The van der Waals surface area contributed by atoms with Crippen molar-refractivity contribution in [1.29, 1.82) is 0 Å². The summed E-state index contributed by atoms with van der Waals surface area (Å²) in [5, 5.41) is 5.62. The largest absolute Gasteiger partial charge is 0.416 e. The SMILES string of the molecule is CC/C=C(/C=C\c1nc(NC)cn1C)c1cc(C(=O)NCc2cc(C(F)(F)F)cc(CC)c2F)c(C)cc1C.